The minimum Gasteiger partial charge on any atom is -0.361 e. The van der Waals surface area contributed by atoms with Crippen molar-refractivity contribution in [2.75, 3.05) is 12.3 Å². The summed E-state index contributed by atoms with van der Waals surface area (Å²) in [5, 5.41) is 4.96. The molecule has 7 heteroatoms. The number of carbonyl (C=O) groups excluding carboxylic acids is 1. The molecule has 1 aromatic carbocycles. The van der Waals surface area contributed by atoms with Gasteiger partial charge in [0, 0.05) is 47.2 Å². The molecule has 1 atom stereocenters. The molecule has 3 aromatic rings. The van der Waals surface area contributed by atoms with Crippen LogP contribution in [0.25, 0.3) is 10.9 Å². The number of nitrogens with one attached hydrogen (secondary N) is 2. The molecular weight excluding hydrogens is 372 g/mol. The van der Waals surface area contributed by atoms with Gasteiger partial charge in [-0.3, -0.25) is 14.2 Å². The van der Waals surface area contributed by atoms with Crippen molar-refractivity contribution in [3.8, 4) is 0 Å². The van der Waals surface area contributed by atoms with E-state index in [-0.39, 0.29) is 17.4 Å². The third-order valence-electron chi connectivity index (χ3n) is 5.34. The molecule has 2 aromatic heterocycles. The summed E-state index contributed by atoms with van der Waals surface area (Å²) in [6, 6.07) is 8.16. The molecule has 146 valence electrons. The lowest BCUT2D eigenvalue weighted by Gasteiger charge is -2.25. The predicted octanol–water partition coefficient (Wildman–Crippen LogP) is 2.68. The summed E-state index contributed by atoms with van der Waals surface area (Å²) in [5.41, 5.74) is 3.84. The van der Waals surface area contributed by atoms with E-state index in [4.69, 9.17) is 0 Å². The van der Waals surface area contributed by atoms with E-state index < -0.39 is 0 Å². The average molecular weight is 397 g/mol. The van der Waals surface area contributed by atoms with Gasteiger partial charge in [-0.2, -0.15) is 0 Å². The number of rotatable bonds is 5. The van der Waals surface area contributed by atoms with E-state index in [1.165, 1.54) is 22.7 Å². The van der Waals surface area contributed by atoms with E-state index >= 15 is 0 Å². The van der Waals surface area contributed by atoms with Gasteiger partial charge >= 0.3 is 0 Å². The zero-order valence-corrected chi connectivity index (χ0v) is 16.9. The highest BCUT2D eigenvalue weighted by atomic mass is 32.2. The SMILES string of the molecule is CCc1c(C)nc2n(c1=O)C[C@H](C(=O)NCCc1c[nH]c3ccccc13)CS2. The first-order chi connectivity index (χ1) is 13.6. The van der Waals surface area contributed by atoms with Crippen LogP contribution in [0.3, 0.4) is 0 Å². The van der Waals surface area contributed by atoms with Gasteiger partial charge in [0.15, 0.2) is 5.16 Å². The molecule has 0 bridgehead atoms. The van der Waals surface area contributed by atoms with Crippen molar-refractivity contribution in [3.05, 3.63) is 57.6 Å². The third kappa shape index (κ3) is 3.46. The second-order valence-electron chi connectivity index (χ2n) is 7.14. The molecule has 0 saturated heterocycles. The highest BCUT2D eigenvalue weighted by molar-refractivity contribution is 7.99. The number of nitrogens with zero attached hydrogens (tertiary/aromatic N) is 2. The second-order valence-corrected chi connectivity index (χ2v) is 8.12. The molecule has 1 aliphatic rings. The van der Waals surface area contributed by atoms with Crippen LogP contribution in [0.1, 0.15) is 23.7 Å². The van der Waals surface area contributed by atoms with Crippen LogP contribution in [0, 0.1) is 12.8 Å². The fourth-order valence-electron chi connectivity index (χ4n) is 3.76. The van der Waals surface area contributed by atoms with Crippen molar-refractivity contribution in [2.24, 2.45) is 5.92 Å². The highest BCUT2D eigenvalue weighted by Gasteiger charge is 2.27. The van der Waals surface area contributed by atoms with Crippen LogP contribution in [0.5, 0.6) is 0 Å². The lowest BCUT2D eigenvalue weighted by Crippen LogP contribution is -2.41. The Hall–Kier alpha value is -2.54. The summed E-state index contributed by atoms with van der Waals surface area (Å²) in [7, 11) is 0. The number of H-pyrrole nitrogens is 1. The normalized spacial score (nSPS) is 16.1. The minimum absolute atomic E-state index is 0.00325. The van der Waals surface area contributed by atoms with E-state index in [9.17, 15) is 9.59 Å². The van der Waals surface area contributed by atoms with Gasteiger partial charge in [0.1, 0.15) is 0 Å². The van der Waals surface area contributed by atoms with Crippen LogP contribution < -0.4 is 10.9 Å². The quantitative estimate of drug-likeness (QED) is 0.650. The summed E-state index contributed by atoms with van der Waals surface area (Å²) in [5.74, 6) is 0.437. The molecule has 3 heterocycles. The first-order valence-electron chi connectivity index (χ1n) is 9.64. The predicted molar refractivity (Wildman–Crippen MR) is 112 cm³/mol. The smallest absolute Gasteiger partial charge is 0.257 e. The number of fused-ring (bicyclic) bond motifs is 2. The average Bonchev–Trinajstić information content (AvgIpc) is 3.11. The lowest BCUT2D eigenvalue weighted by molar-refractivity contribution is -0.124. The number of aromatic amines is 1. The molecule has 6 nitrogen and oxygen atoms in total. The molecular formula is C21H24N4O2S. The number of amides is 1. The molecule has 1 amide bonds. The van der Waals surface area contributed by atoms with Gasteiger partial charge in [0.2, 0.25) is 5.91 Å². The third-order valence-corrected chi connectivity index (χ3v) is 6.48. The van der Waals surface area contributed by atoms with Crippen LogP contribution in [0.15, 0.2) is 40.4 Å². The fraction of sp³-hybridized carbons (Fsp3) is 0.381. The molecule has 4 rings (SSSR count). The monoisotopic (exact) mass is 396 g/mol. The number of carbonyl (C=O) groups is 1. The summed E-state index contributed by atoms with van der Waals surface area (Å²) < 4.78 is 1.67. The Morgan fingerprint density at radius 1 is 1.39 bits per heavy atom. The lowest BCUT2D eigenvalue weighted by atomic mass is 10.1. The van der Waals surface area contributed by atoms with Gasteiger partial charge < -0.3 is 10.3 Å². The Morgan fingerprint density at radius 3 is 3.04 bits per heavy atom. The van der Waals surface area contributed by atoms with E-state index in [0.717, 1.165) is 28.4 Å². The molecule has 28 heavy (non-hydrogen) atoms. The van der Waals surface area contributed by atoms with E-state index in [1.807, 2.05) is 38.2 Å². The maximum absolute atomic E-state index is 12.7. The number of hydrogen-bond acceptors (Lipinski definition) is 4. The number of hydrogen-bond donors (Lipinski definition) is 2. The Kier molecular flexibility index (Phi) is 5.26. The zero-order chi connectivity index (χ0) is 19.7. The Morgan fingerprint density at radius 2 is 2.21 bits per heavy atom. The number of para-hydroxylation sites is 1. The molecule has 0 saturated carbocycles. The summed E-state index contributed by atoms with van der Waals surface area (Å²) in [4.78, 5) is 33.2. The van der Waals surface area contributed by atoms with Gasteiger partial charge in [-0.25, -0.2) is 4.98 Å². The van der Waals surface area contributed by atoms with Crippen molar-refractivity contribution in [1.29, 1.82) is 0 Å². The van der Waals surface area contributed by atoms with Crippen molar-refractivity contribution in [2.45, 2.75) is 38.4 Å². The second kappa shape index (κ2) is 7.83. The van der Waals surface area contributed by atoms with Gasteiger partial charge in [-0.1, -0.05) is 36.9 Å². The molecule has 0 radical (unpaired) electrons. The van der Waals surface area contributed by atoms with Crippen LogP contribution in [0.2, 0.25) is 0 Å². The number of aryl methyl sites for hydroxylation is 1. The first-order valence-corrected chi connectivity index (χ1v) is 10.6. The van der Waals surface area contributed by atoms with Crippen molar-refractivity contribution in [3.63, 3.8) is 0 Å². The Bertz CT molecular complexity index is 1090. The maximum Gasteiger partial charge on any atom is 0.257 e. The number of thioether (sulfide) groups is 1. The van der Waals surface area contributed by atoms with Gasteiger partial charge in [-0.05, 0) is 31.4 Å². The van der Waals surface area contributed by atoms with Crippen LogP contribution in [0.4, 0.5) is 0 Å². The minimum atomic E-state index is -0.215. The van der Waals surface area contributed by atoms with E-state index in [2.05, 4.69) is 21.4 Å². The van der Waals surface area contributed by atoms with Crippen LogP contribution >= 0.6 is 11.8 Å². The summed E-state index contributed by atoms with van der Waals surface area (Å²) >= 11 is 1.49. The van der Waals surface area contributed by atoms with E-state index in [1.54, 1.807) is 4.57 Å². The molecule has 0 spiro atoms. The molecule has 0 fully saturated rings. The maximum atomic E-state index is 12.7. The van der Waals surface area contributed by atoms with E-state index in [0.29, 0.717) is 25.3 Å². The topological polar surface area (TPSA) is 79.8 Å². The van der Waals surface area contributed by atoms with Gasteiger partial charge in [0.05, 0.1) is 5.92 Å². The van der Waals surface area contributed by atoms with Crippen molar-refractivity contribution in [1.82, 2.24) is 19.9 Å². The summed E-state index contributed by atoms with van der Waals surface area (Å²) in [6.07, 6.45) is 3.43. The van der Waals surface area contributed by atoms with Crippen LogP contribution in [-0.4, -0.2) is 32.7 Å². The Balaban J connectivity index is 1.40. The number of benzene rings is 1. The molecule has 0 aliphatic carbocycles. The van der Waals surface area contributed by atoms with Crippen molar-refractivity contribution < 1.29 is 4.79 Å². The molecule has 2 N–H and O–H groups in total. The number of aromatic nitrogens is 3. The van der Waals surface area contributed by atoms with Crippen LogP contribution in [-0.2, 0) is 24.2 Å². The standard InChI is InChI=1S/C21H24N4O2S/c1-3-16-13(2)24-21-25(20(16)27)11-15(12-28-21)19(26)22-9-8-14-10-23-18-7-5-4-6-17(14)18/h4-7,10,15,23H,3,8-9,11-12H2,1-2H3,(H,22,26)/t15-/m0/s1. The van der Waals surface area contributed by atoms with Gasteiger partial charge in [-0.15, -0.1) is 0 Å². The molecule has 0 unspecified atom stereocenters. The molecule has 1 aliphatic heterocycles. The summed E-state index contributed by atoms with van der Waals surface area (Å²) in [6.45, 7) is 4.82. The largest absolute Gasteiger partial charge is 0.361 e. The fourth-order valence-corrected chi connectivity index (χ4v) is 4.89. The Labute approximate surface area is 167 Å². The van der Waals surface area contributed by atoms with Crippen molar-refractivity contribution >= 4 is 28.6 Å². The highest BCUT2D eigenvalue weighted by Crippen LogP contribution is 2.26. The zero-order valence-electron chi connectivity index (χ0n) is 16.1. The first kappa shape index (κ1) is 18.8. The van der Waals surface area contributed by atoms with Gasteiger partial charge in [0.25, 0.3) is 5.56 Å².